The topological polar surface area (TPSA) is 49.4 Å². The molecule has 4 nitrogen and oxygen atoms in total. The molecule has 0 aromatic heterocycles. The third-order valence-electron chi connectivity index (χ3n) is 3.48. The molecule has 1 rings (SSSR count). The summed E-state index contributed by atoms with van der Waals surface area (Å²) in [5, 5.41) is 2.74. The van der Waals surface area contributed by atoms with Crippen molar-refractivity contribution in [1.82, 2.24) is 4.90 Å². The number of anilines is 1. The minimum Gasteiger partial charge on any atom is -0.334 e. The molecule has 0 bridgehead atoms. The maximum absolute atomic E-state index is 12.3. The van der Waals surface area contributed by atoms with Crippen molar-refractivity contribution in [1.29, 1.82) is 0 Å². The summed E-state index contributed by atoms with van der Waals surface area (Å²) in [6.07, 6.45) is 3.86. The summed E-state index contributed by atoms with van der Waals surface area (Å²) in [7, 11) is 0. The predicted octanol–water partition coefficient (Wildman–Crippen LogP) is 3.97. The molecule has 0 atom stereocenters. The highest BCUT2D eigenvalue weighted by Crippen LogP contribution is 2.17. The molecule has 0 aliphatic carbocycles. The van der Waals surface area contributed by atoms with Gasteiger partial charge in [0.2, 0.25) is 0 Å². The van der Waals surface area contributed by atoms with Crippen molar-refractivity contribution in [2.75, 3.05) is 18.4 Å². The van der Waals surface area contributed by atoms with Crippen LogP contribution in [-0.2, 0) is 9.59 Å². The van der Waals surface area contributed by atoms with Crippen molar-refractivity contribution in [3.05, 3.63) is 27.3 Å². The Kier molecular flexibility index (Phi) is 8.45. The Morgan fingerprint density at radius 1 is 1.14 bits per heavy atom. The second-order valence-corrected chi connectivity index (χ2v) is 6.66. The van der Waals surface area contributed by atoms with Crippen LogP contribution < -0.4 is 5.32 Å². The van der Waals surface area contributed by atoms with Crippen molar-refractivity contribution in [3.63, 3.8) is 0 Å². The van der Waals surface area contributed by atoms with Gasteiger partial charge in [0.25, 0.3) is 0 Å². The van der Waals surface area contributed by atoms with Gasteiger partial charge in [-0.3, -0.25) is 9.59 Å². The molecule has 122 valence electrons. The van der Waals surface area contributed by atoms with Gasteiger partial charge in [-0.05, 0) is 66.1 Å². The van der Waals surface area contributed by atoms with Gasteiger partial charge in [-0.15, -0.1) is 0 Å². The van der Waals surface area contributed by atoms with Crippen LogP contribution in [0.5, 0.6) is 0 Å². The lowest BCUT2D eigenvalue weighted by molar-refractivity contribution is -0.143. The second kappa shape index (κ2) is 9.82. The van der Waals surface area contributed by atoms with Gasteiger partial charge in [-0.1, -0.05) is 26.7 Å². The lowest BCUT2D eigenvalue weighted by Gasteiger charge is -2.22. The summed E-state index contributed by atoms with van der Waals surface area (Å²) >= 11 is 2.22. The lowest BCUT2D eigenvalue weighted by atomic mass is 10.2. The van der Waals surface area contributed by atoms with Crippen LogP contribution in [0.25, 0.3) is 0 Å². The molecular formula is C17H25IN2O2. The number of amides is 2. The molecule has 2 amide bonds. The normalized spacial score (nSPS) is 10.4. The van der Waals surface area contributed by atoms with Crippen molar-refractivity contribution < 1.29 is 9.59 Å². The molecule has 0 unspecified atom stereocenters. The molecule has 0 fully saturated rings. The fourth-order valence-corrected chi connectivity index (χ4v) is 2.75. The first-order chi connectivity index (χ1) is 10.5. The molecule has 1 N–H and O–H groups in total. The molecule has 0 aliphatic rings. The van der Waals surface area contributed by atoms with Gasteiger partial charge in [-0.25, -0.2) is 0 Å². The molecule has 0 radical (unpaired) electrons. The zero-order valence-electron chi connectivity index (χ0n) is 13.6. The zero-order chi connectivity index (χ0) is 16.5. The van der Waals surface area contributed by atoms with E-state index in [0.717, 1.165) is 34.8 Å². The van der Waals surface area contributed by atoms with E-state index in [1.807, 2.05) is 25.1 Å². The van der Waals surface area contributed by atoms with E-state index in [0.29, 0.717) is 18.8 Å². The number of aryl methyl sites for hydroxylation is 1. The Bertz CT molecular complexity index is 509. The highest BCUT2D eigenvalue weighted by Gasteiger charge is 2.21. The molecule has 0 saturated carbocycles. The van der Waals surface area contributed by atoms with E-state index in [-0.39, 0.29) is 0 Å². The molecule has 0 saturated heterocycles. The number of hydrogen-bond acceptors (Lipinski definition) is 2. The Morgan fingerprint density at radius 3 is 2.23 bits per heavy atom. The molecule has 0 spiro atoms. The summed E-state index contributed by atoms with van der Waals surface area (Å²) < 4.78 is 1.10. The summed E-state index contributed by atoms with van der Waals surface area (Å²) in [6.45, 7) is 7.38. The van der Waals surface area contributed by atoms with Gasteiger partial charge < -0.3 is 10.2 Å². The summed E-state index contributed by atoms with van der Waals surface area (Å²) in [5.41, 5.74) is 1.66. The van der Waals surface area contributed by atoms with Crippen LogP contribution in [0.15, 0.2) is 18.2 Å². The molecule has 5 heteroatoms. The monoisotopic (exact) mass is 416 g/mol. The van der Waals surface area contributed by atoms with Crippen LogP contribution in [0.3, 0.4) is 0 Å². The number of nitrogens with one attached hydrogen (secondary N) is 1. The van der Waals surface area contributed by atoms with Gasteiger partial charge in [-0.2, -0.15) is 0 Å². The van der Waals surface area contributed by atoms with E-state index in [4.69, 9.17) is 0 Å². The van der Waals surface area contributed by atoms with Crippen LogP contribution in [0.2, 0.25) is 0 Å². The molecule has 22 heavy (non-hydrogen) atoms. The van der Waals surface area contributed by atoms with Crippen molar-refractivity contribution in [2.45, 2.75) is 46.5 Å². The largest absolute Gasteiger partial charge is 0.334 e. The van der Waals surface area contributed by atoms with Gasteiger partial charge in [0.05, 0.1) is 0 Å². The van der Waals surface area contributed by atoms with E-state index in [9.17, 15) is 9.59 Å². The number of hydrogen-bond donors (Lipinski definition) is 1. The van der Waals surface area contributed by atoms with E-state index >= 15 is 0 Å². The van der Waals surface area contributed by atoms with Crippen LogP contribution in [0.1, 0.15) is 45.1 Å². The highest BCUT2D eigenvalue weighted by atomic mass is 127. The highest BCUT2D eigenvalue weighted by molar-refractivity contribution is 14.1. The molecular weight excluding hydrogens is 391 g/mol. The summed E-state index contributed by atoms with van der Waals surface area (Å²) in [4.78, 5) is 26.2. The first-order valence-electron chi connectivity index (χ1n) is 7.86. The third kappa shape index (κ3) is 5.94. The van der Waals surface area contributed by atoms with Gasteiger partial charge in [0, 0.05) is 22.3 Å². The number of rotatable bonds is 7. The van der Waals surface area contributed by atoms with Gasteiger partial charge in [0.1, 0.15) is 0 Å². The quantitative estimate of drug-likeness (QED) is 0.540. The predicted molar refractivity (Wildman–Crippen MR) is 98.9 cm³/mol. The number of nitrogens with zero attached hydrogens (tertiary/aromatic N) is 1. The Balaban J connectivity index is 2.73. The van der Waals surface area contributed by atoms with E-state index in [1.54, 1.807) is 4.90 Å². The molecule has 1 aromatic carbocycles. The van der Waals surface area contributed by atoms with Crippen molar-refractivity contribution in [2.24, 2.45) is 0 Å². The van der Waals surface area contributed by atoms with Crippen LogP contribution >= 0.6 is 22.6 Å². The number of unbranched alkanes of at least 4 members (excludes halogenated alkanes) is 2. The maximum Gasteiger partial charge on any atom is 0.313 e. The number of carbonyl (C=O) groups is 2. The van der Waals surface area contributed by atoms with Gasteiger partial charge >= 0.3 is 11.8 Å². The second-order valence-electron chi connectivity index (χ2n) is 5.41. The minimum absolute atomic E-state index is 0.431. The Hall–Kier alpha value is -1.11. The summed E-state index contributed by atoms with van der Waals surface area (Å²) in [5.74, 6) is -0.976. The number of halogens is 1. The standard InChI is InChI=1S/C17H25IN2O2/c1-4-6-10-20(11-7-5-2)17(22)16(21)19-15-9-8-14(18)12-13(15)3/h8-9,12H,4-7,10-11H2,1-3H3,(H,19,21). The fraction of sp³-hybridized carbons (Fsp3) is 0.529. The van der Waals surface area contributed by atoms with Gasteiger partial charge in [0.15, 0.2) is 0 Å². The Labute approximate surface area is 146 Å². The van der Waals surface area contributed by atoms with E-state index in [1.165, 1.54) is 0 Å². The zero-order valence-corrected chi connectivity index (χ0v) is 15.8. The number of benzene rings is 1. The smallest absolute Gasteiger partial charge is 0.313 e. The average molecular weight is 416 g/mol. The average Bonchev–Trinajstić information content (AvgIpc) is 2.49. The Morgan fingerprint density at radius 2 is 1.73 bits per heavy atom. The number of carbonyl (C=O) groups excluding carboxylic acids is 2. The third-order valence-corrected chi connectivity index (χ3v) is 4.15. The molecule has 0 heterocycles. The first kappa shape index (κ1) is 18.9. The van der Waals surface area contributed by atoms with Crippen molar-refractivity contribution in [3.8, 4) is 0 Å². The van der Waals surface area contributed by atoms with E-state index in [2.05, 4.69) is 41.8 Å². The lowest BCUT2D eigenvalue weighted by Crippen LogP contribution is -2.41. The first-order valence-corrected chi connectivity index (χ1v) is 8.93. The molecule has 0 aliphatic heterocycles. The minimum atomic E-state index is -0.545. The fourth-order valence-electron chi connectivity index (χ4n) is 2.10. The van der Waals surface area contributed by atoms with Crippen LogP contribution in [-0.4, -0.2) is 29.8 Å². The molecule has 1 aromatic rings. The van der Waals surface area contributed by atoms with E-state index < -0.39 is 11.8 Å². The SMILES string of the molecule is CCCCN(CCCC)C(=O)C(=O)Nc1ccc(I)cc1C. The maximum atomic E-state index is 12.3. The van der Waals surface area contributed by atoms with Crippen molar-refractivity contribution >= 4 is 40.1 Å². The summed E-state index contributed by atoms with van der Waals surface area (Å²) in [6, 6.07) is 5.73. The van der Waals surface area contributed by atoms with Crippen LogP contribution in [0.4, 0.5) is 5.69 Å². The van der Waals surface area contributed by atoms with Crippen LogP contribution in [0, 0.1) is 10.5 Å².